The maximum Gasteiger partial charge on any atom is 0.253 e. The summed E-state index contributed by atoms with van der Waals surface area (Å²) >= 11 is 0. The maximum absolute atomic E-state index is 12.3. The second-order valence-electron chi connectivity index (χ2n) is 5.82. The first-order chi connectivity index (χ1) is 9.63. The van der Waals surface area contributed by atoms with Crippen LogP contribution in [-0.2, 0) is 0 Å². The van der Waals surface area contributed by atoms with Crippen LogP contribution in [0.4, 0.5) is 5.69 Å². The van der Waals surface area contributed by atoms with Gasteiger partial charge in [0.1, 0.15) is 0 Å². The van der Waals surface area contributed by atoms with Crippen LogP contribution in [0, 0.1) is 5.92 Å². The lowest BCUT2D eigenvalue weighted by Gasteiger charge is -2.20. The Kier molecular flexibility index (Phi) is 5.05. The molecule has 1 aliphatic carbocycles. The fraction of sp³-hybridized carbons (Fsp3) is 0.588. The van der Waals surface area contributed by atoms with Crippen molar-refractivity contribution in [3.63, 3.8) is 0 Å². The lowest BCUT2D eigenvalue weighted by atomic mass is 10.1. The van der Waals surface area contributed by atoms with Gasteiger partial charge in [-0.15, -0.1) is 0 Å². The van der Waals surface area contributed by atoms with Crippen molar-refractivity contribution in [2.75, 3.05) is 18.4 Å². The Bertz CT molecular complexity index is 454. The monoisotopic (exact) mass is 274 g/mol. The standard InChI is InChI=1S/C17H26N2O/c1-4-19(5-2)17(20)14-7-6-8-15(12-14)18-16-10-9-13(3)11-16/h6-8,12-13,16,18H,4-5,9-11H2,1-3H3. The van der Waals surface area contributed by atoms with E-state index < -0.39 is 0 Å². The normalized spacial score (nSPS) is 21.8. The van der Waals surface area contributed by atoms with Crippen molar-refractivity contribution < 1.29 is 4.79 Å². The molecular weight excluding hydrogens is 248 g/mol. The van der Waals surface area contributed by atoms with Gasteiger partial charge in [-0.25, -0.2) is 0 Å². The summed E-state index contributed by atoms with van der Waals surface area (Å²) < 4.78 is 0. The molecule has 1 saturated carbocycles. The summed E-state index contributed by atoms with van der Waals surface area (Å²) in [5.74, 6) is 0.937. The quantitative estimate of drug-likeness (QED) is 0.886. The zero-order valence-corrected chi connectivity index (χ0v) is 12.9. The molecule has 1 aliphatic rings. The van der Waals surface area contributed by atoms with E-state index in [0.29, 0.717) is 6.04 Å². The topological polar surface area (TPSA) is 32.3 Å². The van der Waals surface area contributed by atoms with Crippen LogP contribution in [0.15, 0.2) is 24.3 Å². The minimum atomic E-state index is 0.124. The number of amides is 1. The third-order valence-corrected chi connectivity index (χ3v) is 4.23. The minimum Gasteiger partial charge on any atom is -0.382 e. The summed E-state index contributed by atoms with van der Waals surface area (Å²) in [5, 5.41) is 3.57. The number of carbonyl (C=O) groups excluding carboxylic acids is 1. The predicted octanol–water partition coefficient (Wildman–Crippen LogP) is 3.77. The Balaban J connectivity index is 2.05. The van der Waals surface area contributed by atoms with Gasteiger partial charge in [0.05, 0.1) is 0 Å². The van der Waals surface area contributed by atoms with E-state index in [-0.39, 0.29) is 5.91 Å². The molecule has 2 atom stereocenters. The highest BCUT2D eigenvalue weighted by atomic mass is 16.2. The average Bonchev–Trinajstić information content (AvgIpc) is 2.85. The van der Waals surface area contributed by atoms with E-state index in [1.54, 1.807) is 0 Å². The first kappa shape index (κ1) is 14.9. The van der Waals surface area contributed by atoms with Gasteiger partial charge in [0, 0.05) is 30.4 Å². The Morgan fingerprint density at radius 1 is 1.30 bits per heavy atom. The van der Waals surface area contributed by atoms with Crippen LogP contribution in [0.1, 0.15) is 50.4 Å². The van der Waals surface area contributed by atoms with Crippen molar-refractivity contribution in [1.82, 2.24) is 4.90 Å². The van der Waals surface area contributed by atoms with Crippen molar-refractivity contribution in [2.24, 2.45) is 5.92 Å². The van der Waals surface area contributed by atoms with Crippen molar-refractivity contribution in [2.45, 2.75) is 46.1 Å². The molecule has 3 heteroatoms. The molecule has 1 N–H and O–H groups in total. The van der Waals surface area contributed by atoms with Gasteiger partial charge in [-0.1, -0.05) is 13.0 Å². The van der Waals surface area contributed by atoms with Crippen LogP contribution in [-0.4, -0.2) is 29.9 Å². The van der Waals surface area contributed by atoms with Crippen molar-refractivity contribution in [1.29, 1.82) is 0 Å². The molecule has 0 aromatic heterocycles. The highest BCUT2D eigenvalue weighted by Crippen LogP contribution is 2.27. The lowest BCUT2D eigenvalue weighted by Crippen LogP contribution is -2.30. The first-order valence-corrected chi connectivity index (χ1v) is 7.79. The summed E-state index contributed by atoms with van der Waals surface area (Å²) in [6.07, 6.45) is 3.76. The molecule has 0 bridgehead atoms. The summed E-state index contributed by atoms with van der Waals surface area (Å²) in [6.45, 7) is 7.86. The van der Waals surface area contributed by atoms with E-state index in [2.05, 4.69) is 18.3 Å². The van der Waals surface area contributed by atoms with Gasteiger partial charge in [0.15, 0.2) is 0 Å². The minimum absolute atomic E-state index is 0.124. The summed E-state index contributed by atoms with van der Waals surface area (Å²) in [4.78, 5) is 14.2. The van der Waals surface area contributed by atoms with E-state index in [9.17, 15) is 4.79 Å². The molecular formula is C17H26N2O. The number of hydrogen-bond donors (Lipinski definition) is 1. The maximum atomic E-state index is 12.3. The number of benzene rings is 1. The number of rotatable bonds is 5. The predicted molar refractivity (Wildman–Crippen MR) is 84.1 cm³/mol. The Labute approximate surface area is 122 Å². The molecule has 2 rings (SSSR count). The Morgan fingerprint density at radius 2 is 2.05 bits per heavy atom. The summed E-state index contributed by atoms with van der Waals surface area (Å²) in [7, 11) is 0. The van der Waals surface area contributed by atoms with Gasteiger partial charge < -0.3 is 10.2 Å². The highest BCUT2D eigenvalue weighted by Gasteiger charge is 2.21. The zero-order valence-electron chi connectivity index (χ0n) is 12.9. The molecule has 110 valence electrons. The molecule has 1 amide bonds. The molecule has 0 heterocycles. The second kappa shape index (κ2) is 6.78. The van der Waals surface area contributed by atoms with Crippen molar-refractivity contribution in [3.05, 3.63) is 29.8 Å². The van der Waals surface area contributed by atoms with Crippen molar-refractivity contribution >= 4 is 11.6 Å². The average molecular weight is 274 g/mol. The largest absolute Gasteiger partial charge is 0.382 e. The van der Waals surface area contributed by atoms with Crippen LogP contribution in [0.25, 0.3) is 0 Å². The number of carbonyl (C=O) groups is 1. The molecule has 1 aromatic carbocycles. The zero-order chi connectivity index (χ0) is 14.5. The Hall–Kier alpha value is -1.51. The Morgan fingerprint density at radius 3 is 2.65 bits per heavy atom. The fourth-order valence-corrected chi connectivity index (χ4v) is 3.01. The number of hydrogen-bond acceptors (Lipinski definition) is 2. The summed E-state index contributed by atoms with van der Waals surface area (Å²) in [5.41, 5.74) is 1.85. The highest BCUT2D eigenvalue weighted by molar-refractivity contribution is 5.95. The third kappa shape index (κ3) is 3.53. The second-order valence-corrected chi connectivity index (χ2v) is 5.82. The van der Waals surface area contributed by atoms with Crippen molar-refractivity contribution in [3.8, 4) is 0 Å². The smallest absolute Gasteiger partial charge is 0.253 e. The van der Waals surface area contributed by atoms with Crippen LogP contribution in [0.3, 0.4) is 0 Å². The van der Waals surface area contributed by atoms with E-state index in [1.807, 2.05) is 36.9 Å². The van der Waals surface area contributed by atoms with E-state index in [0.717, 1.165) is 30.3 Å². The number of nitrogens with zero attached hydrogens (tertiary/aromatic N) is 1. The molecule has 0 saturated heterocycles. The van der Waals surface area contributed by atoms with E-state index >= 15 is 0 Å². The fourth-order valence-electron chi connectivity index (χ4n) is 3.01. The number of nitrogens with one attached hydrogen (secondary N) is 1. The molecule has 0 radical (unpaired) electrons. The van der Waals surface area contributed by atoms with Gasteiger partial charge in [-0.3, -0.25) is 4.79 Å². The molecule has 0 aliphatic heterocycles. The van der Waals surface area contributed by atoms with Gasteiger partial charge in [-0.2, -0.15) is 0 Å². The molecule has 3 nitrogen and oxygen atoms in total. The molecule has 1 fully saturated rings. The summed E-state index contributed by atoms with van der Waals surface area (Å²) in [6, 6.07) is 8.48. The van der Waals surface area contributed by atoms with Gasteiger partial charge in [0.2, 0.25) is 0 Å². The molecule has 0 spiro atoms. The number of anilines is 1. The molecule has 2 unspecified atom stereocenters. The van der Waals surface area contributed by atoms with E-state index in [1.165, 1.54) is 19.3 Å². The van der Waals surface area contributed by atoms with E-state index in [4.69, 9.17) is 0 Å². The lowest BCUT2D eigenvalue weighted by molar-refractivity contribution is 0.0773. The van der Waals surface area contributed by atoms with Gasteiger partial charge in [0.25, 0.3) is 5.91 Å². The van der Waals surface area contributed by atoms with Gasteiger partial charge >= 0.3 is 0 Å². The van der Waals surface area contributed by atoms with Gasteiger partial charge in [-0.05, 0) is 57.2 Å². The first-order valence-electron chi connectivity index (χ1n) is 7.79. The van der Waals surface area contributed by atoms with Crippen LogP contribution in [0.2, 0.25) is 0 Å². The van der Waals surface area contributed by atoms with Crippen LogP contribution < -0.4 is 5.32 Å². The third-order valence-electron chi connectivity index (χ3n) is 4.23. The molecule has 20 heavy (non-hydrogen) atoms. The van der Waals surface area contributed by atoms with Crippen LogP contribution >= 0.6 is 0 Å². The van der Waals surface area contributed by atoms with Crippen LogP contribution in [0.5, 0.6) is 0 Å². The molecule has 1 aromatic rings. The SMILES string of the molecule is CCN(CC)C(=O)c1cccc(NC2CCC(C)C2)c1.